The molecule has 0 saturated carbocycles. The molecule has 0 aliphatic rings. The van der Waals surface area contributed by atoms with Crippen LogP contribution in [0.2, 0.25) is 0 Å². The quantitative estimate of drug-likeness (QED) is 0.242. The van der Waals surface area contributed by atoms with E-state index in [1.54, 1.807) is 0 Å². The van der Waals surface area contributed by atoms with Gasteiger partial charge in [0.2, 0.25) is 0 Å². The number of hydrogen-bond acceptors (Lipinski definition) is 3. The summed E-state index contributed by atoms with van der Waals surface area (Å²) in [5.41, 5.74) is 6.99. The van der Waals surface area contributed by atoms with Crippen LogP contribution in [0.15, 0.2) is 48.4 Å². The van der Waals surface area contributed by atoms with Crippen LogP contribution in [0.3, 0.4) is 0 Å². The summed E-state index contributed by atoms with van der Waals surface area (Å²) in [6.45, 7) is 11.3. The first-order valence-electron chi connectivity index (χ1n) is 8.92. The smallest absolute Gasteiger partial charge is 0.155 e. The van der Waals surface area contributed by atoms with Crippen molar-refractivity contribution in [3.8, 4) is 11.3 Å². The fourth-order valence-corrected chi connectivity index (χ4v) is 3.03. The number of carbonyl (C=O) groups is 1. The van der Waals surface area contributed by atoms with Crippen molar-refractivity contribution in [3.63, 3.8) is 0 Å². The Labute approximate surface area is 180 Å². The summed E-state index contributed by atoms with van der Waals surface area (Å²) in [7, 11) is 0. The molecule has 28 heavy (non-hydrogen) atoms. The molecule has 4 heteroatoms. The first-order chi connectivity index (χ1) is 12.7. The molecule has 0 unspecified atom stereocenters. The number of benzene rings is 2. The molecule has 1 heterocycles. The zero-order chi connectivity index (χ0) is 20.1. The third-order valence-corrected chi connectivity index (χ3v) is 4.06. The van der Waals surface area contributed by atoms with Gasteiger partial charge in [0.05, 0.1) is 5.76 Å². The second kappa shape index (κ2) is 10.3. The first-order valence-corrected chi connectivity index (χ1v) is 8.92. The van der Waals surface area contributed by atoms with E-state index < -0.39 is 0 Å². The van der Waals surface area contributed by atoms with Crippen molar-refractivity contribution in [3.05, 3.63) is 76.7 Å². The molecular formula is C24H26IrNO2-. The number of aliphatic hydroxyl groups is 1. The second-order valence-corrected chi connectivity index (χ2v) is 6.99. The van der Waals surface area contributed by atoms with Gasteiger partial charge in [-0.25, -0.2) is 0 Å². The molecule has 0 aliphatic heterocycles. The number of hydrogen-bond donors (Lipinski definition) is 1. The van der Waals surface area contributed by atoms with Gasteiger partial charge in [-0.3, -0.25) is 4.79 Å². The molecule has 0 fully saturated rings. The Morgan fingerprint density at radius 2 is 1.68 bits per heavy atom. The van der Waals surface area contributed by atoms with Gasteiger partial charge in [-0.05, 0) is 49.7 Å². The van der Waals surface area contributed by atoms with E-state index in [0.29, 0.717) is 0 Å². The SMILES string of the molecule is CC(=O)/C=C(/C)O.Cc1[c-]c(-c2ncc(C)c3ccc(C)cc23)cc(C)c1.[Ir]. The maximum absolute atomic E-state index is 10.0. The number of rotatable bonds is 2. The van der Waals surface area contributed by atoms with Crippen LogP contribution in [0, 0.1) is 33.8 Å². The van der Waals surface area contributed by atoms with Crippen molar-refractivity contribution in [2.45, 2.75) is 41.5 Å². The maximum Gasteiger partial charge on any atom is 0.155 e. The van der Waals surface area contributed by atoms with Gasteiger partial charge in [-0.2, -0.15) is 0 Å². The number of ketones is 1. The monoisotopic (exact) mass is 553 g/mol. The van der Waals surface area contributed by atoms with Crippen LogP contribution in [0.1, 0.15) is 36.1 Å². The Balaban J connectivity index is 0.000000425. The van der Waals surface area contributed by atoms with Crippen molar-refractivity contribution in [1.82, 2.24) is 4.98 Å². The Kier molecular flexibility index (Phi) is 8.74. The molecule has 0 atom stereocenters. The third-order valence-electron chi connectivity index (χ3n) is 4.06. The summed E-state index contributed by atoms with van der Waals surface area (Å²) < 4.78 is 0. The number of fused-ring (bicyclic) bond motifs is 1. The molecule has 1 N–H and O–H groups in total. The molecule has 0 aliphatic carbocycles. The average molecular weight is 553 g/mol. The van der Waals surface area contributed by atoms with Crippen molar-refractivity contribution in [2.24, 2.45) is 0 Å². The van der Waals surface area contributed by atoms with Gasteiger partial charge in [0, 0.05) is 32.4 Å². The van der Waals surface area contributed by atoms with Crippen molar-refractivity contribution in [2.75, 3.05) is 0 Å². The number of pyridine rings is 1. The second-order valence-electron chi connectivity index (χ2n) is 6.99. The summed E-state index contributed by atoms with van der Waals surface area (Å²) in [5, 5.41) is 10.8. The molecule has 2 aromatic carbocycles. The summed E-state index contributed by atoms with van der Waals surface area (Å²) in [5.74, 6) is -0.0625. The van der Waals surface area contributed by atoms with Gasteiger partial charge in [-0.1, -0.05) is 37.6 Å². The van der Waals surface area contributed by atoms with E-state index >= 15 is 0 Å². The summed E-state index contributed by atoms with van der Waals surface area (Å²) in [4.78, 5) is 14.7. The van der Waals surface area contributed by atoms with E-state index in [2.05, 4.69) is 69.1 Å². The molecule has 3 nitrogen and oxygen atoms in total. The van der Waals surface area contributed by atoms with Crippen LogP contribution in [-0.2, 0) is 24.9 Å². The van der Waals surface area contributed by atoms with Crippen molar-refractivity contribution in [1.29, 1.82) is 0 Å². The average Bonchev–Trinajstić information content (AvgIpc) is 2.53. The summed E-state index contributed by atoms with van der Waals surface area (Å²) in [6, 6.07) is 14.3. The van der Waals surface area contributed by atoms with Crippen molar-refractivity contribution < 1.29 is 30.0 Å². The van der Waals surface area contributed by atoms with Crippen LogP contribution in [0.25, 0.3) is 22.0 Å². The number of allylic oxidation sites excluding steroid dienone is 2. The van der Waals surface area contributed by atoms with E-state index in [9.17, 15) is 4.79 Å². The topological polar surface area (TPSA) is 50.2 Å². The van der Waals surface area contributed by atoms with E-state index in [1.807, 2.05) is 6.20 Å². The third kappa shape index (κ3) is 6.40. The normalized spacial score (nSPS) is 10.7. The predicted octanol–water partition coefficient (Wildman–Crippen LogP) is 5.97. The van der Waals surface area contributed by atoms with E-state index in [4.69, 9.17) is 5.11 Å². The minimum Gasteiger partial charge on any atom is -0.512 e. The number of aliphatic hydroxyl groups excluding tert-OH is 1. The number of aryl methyl sites for hydroxylation is 4. The molecule has 0 saturated heterocycles. The molecule has 149 valence electrons. The maximum atomic E-state index is 10.0. The number of carbonyl (C=O) groups excluding carboxylic acids is 1. The summed E-state index contributed by atoms with van der Waals surface area (Å²) >= 11 is 0. The molecule has 0 spiro atoms. The Bertz CT molecular complexity index is 998. The molecule has 0 bridgehead atoms. The summed E-state index contributed by atoms with van der Waals surface area (Å²) in [6.07, 6.45) is 3.12. The number of aromatic nitrogens is 1. The zero-order valence-corrected chi connectivity index (χ0v) is 19.6. The Hall–Kier alpha value is -2.29. The molecule has 1 aromatic heterocycles. The molecule has 3 rings (SSSR count). The van der Waals surface area contributed by atoms with Gasteiger partial charge in [0.15, 0.2) is 5.78 Å². The fourth-order valence-electron chi connectivity index (χ4n) is 3.03. The Morgan fingerprint density at radius 3 is 2.21 bits per heavy atom. The predicted molar refractivity (Wildman–Crippen MR) is 112 cm³/mol. The van der Waals surface area contributed by atoms with Gasteiger partial charge in [0.25, 0.3) is 0 Å². The molecular weight excluding hydrogens is 526 g/mol. The van der Waals surface area contributed by atoms with Gasteiger partial charge >= 0.3 is 0 Å². The molecule has 1 radical (unpaired) electrons. The minimum atomic E-state index is -0.125. The standard InChI is InChI=1S/C19H18N.C5H8O2.Ir/c1-12-5-6-17-15(4)11-20-19(18(17)10-12)16-8-13(2)7-14(3)9-16;1-4(6)3-5(2)7;/h5-8,10-11H,1-4H3;3,6H,1-2H3;/q-1;;/b;4-3-;. The van der Waals surface area contributed by atoms with Gasteiger partial charge in [0.1, 0.15) is 0 Å². The minimum absolute atomic E-state index is 0. The van der Waals surface area contributed by atoms with Crippen LogP contribution in [-0.4, -0.2) is 15.9 Å². The molecule has 3 aromatic rings. The van der Waals surface area contributed by atoms with E-state index in [0.717, 1.165) is 16.8 Å². The van der Waals surface area contributed by atoms with Crippen molar-refractivity contribution >= 4 is 16.6 Å². The Morgan fingerprint density at radius 1 is 1.00 bits per heavy atom. The zero-order valence-electron chi connectivity index (χ0n) is 17.2. The van der Waals surface area contributed by atoms with Crippen LogP contribution < -0.4 is 0 Å². The first kappa shape index (κ1) is 23.7. The van der Waals surface area contributed by atoms with Gasteiger partial charge in [-0.15, -0.1) is 34.9 Å². The largest absolute Gasteiger partial charge is 0.512 e. The number of nitrogens with zero attached hydrogens (tertiary/aromatic N) is 1. The molecule has 0 amide bonds. The van der Waals surface area contributed by atoms with E-state index in [-0.39, 0.29) is 31.6 Å². The van der Waals surface area contributed by atoms with E-state index in [1.165, 1.54) is 47.4 Å². The van der Waals surface area contributed by atoms with Crippen LogP contribution in [0.4, 0.5) is 0 Å². The van der Waals surface area contributed by atoms with Crippen LogP contribution >= 0.6 is 0 Å². The van der Waals surface area contributed by atoms with Gasteiger partial charge < -0.3 is 10.1 Å². The van der Waals surface area contributed by atoms with Crippen LogP contribution in [0.5, 0.6) is 0 Å². The fraction of sp³-hybridized carbons (Fsp3) is 0.250.